The molecule has 0 radical (unpaired) electrons. The molecular weight excluding hydrogens is 356 g/mol. The number of aromatic hydroxyl groups is 1. The number of nitrogens with zero attached hydrogens (tertiary/aromatic N) is 2. The van der Waals surface area contributed by atoms with E-state index in [0.717, 1.165) is 18.7 Å². The zero-order valence-electron chi connectivity index (χ0n) is 15.8. The van der Waals surface area contributed by atoms with E-state index < -0.39 is 5.60 Å². The fourth-order valence-corrected chi connectivity index (χ4v) is 4.26. The van der Waals surface area contributed by atoms with Gasteiger partial charge >= 0.3 is 0 Å². The zero-order valence-corrected chi connectivity index (χ0v) is 15.8. The van der Waals surface area contributed by atoms with E-state index in [1.165, 1.54) is 12.1 Å². The van der Waals surface area contributed by atoms with Crippen molar-refractivity contribution < 1.29 is 19.7 Å². The molecule has 0 saturated carbocycles. The van der Waals surface area contributed by atoms with Gasteiger partial charge in [0.25, 0.3) is 5.91 Å². The van der Waals surface area contributed by atoms with Crippen molar-refractivity contribution in [3.63, 3.8) is 0 Å². The number of phenols is 1. The second kappa shape index (κ2) is 7.91. The third-order valence-corrected chi connectivity index (χ3v) is 5.87. The molecule has 0 spiro atoms. The number of carbonyl (C=O) groups excluding carboxylic acids is 1. The summed E-state index contributed by atoms with van der Waals surface area (Å²) in [4.78, 5) is 17.1. The summed E-state index contributed by atoms with van der Waals surface area (Å²) >= 11 is 0. The van der Waals surface area contributed by atoms with Gasteiger partial charge in [0, 0.05) is 31.7 Å². The van der Waals surface area contributed by atoms with E-state index in [-0.39, 0.29) is 17.7 Å². The highest BCUT2D eigenvalue weighted by Crippen LogP contribution is 2.36. The Labute approximate surface area is 165 Å². The molecule has 0 unspecified atom stereocenters. The molecule has 2 heterocycles. The van der Waals surface area contributed by atoms with Crippen LogP contribution in [0.3, 0.4) is 0 Å². The number of hydrogen-bond acceptors (Lipinski definition) is 5. The number of ether oxygens (including phenoxy) is 1. The molecule has 2 aromatic carbocycles. The highest BCUT2D eigenvalue weighted by Gasteiger charge is 2.47. The molecule has 6 heteroatoms. The van der Waals surface area contributed by atoms with Gasteiger partial charge in [0.1, 0.15) is 11.4 Å². The third kappa shape index (κ3) is 3.63. The number of piperidine rings is 1. The van der Waals surface area contributed by atoms with Crippen LogP contribution in [0.4, 0.5) is 0 Å². The van der Waals surface area contributed by atoms with Gasteiger partial charge < -0.3 is 19.8 Å². The van der Waals surface area contributed by atoms with Crippen LogP contribution in [0.15, 0.2) is 54.6 Å². The summed E-state index contributed by atoms with van der Waals surface area (Å²) < 4.78 is 5.49. The van der Waals surface area contributed by atoms with Crippen LogP contribution in [-0.4, -0.2) is 71.4 Å². The standard InChI is InChI=1S/C22H26N2O4/c25-19-8-6-17(7-9-19)21(26)24-11-10-22(27,18-4-2-1-3-5-18)20(16-24)23-12-14-28-15-13-23/h1-9,20,25,27H,10-16H2/t20-,22+/m1/s1. The van der Waals surface area contributed by atoms with Gasteiger partial charge in [-0.05, 0) is 36.2 Å². The molecule has 2 aromatic rings. The van der Waals surface area contributed by atoms with Gasteiger partial charge in [-0.15, -0.1) is 0 Å². The first-order valence-corrected chi connectivity index (χ1v) is 9.76. The second-order valence-electron chi connectivity index (χ2n) is 7.50. The van der Waals surface area contributed by atoms with Gasteiger partial charge in [-0.25, -0.2) is 0 Å². The minimum atomic E-state index is -1.01. The normalized spacial score (nSPS) is 26.2. The summed E-state index contributed by atoms with van der Waals surface area (Å²) in [6.45, 7) is 3.67. The van der Waals surface area contributed by atoms with Crippen molar-refractivity contribution in [2.45, 2.75) is 18.1 Å². The van der Waals surface area contributed by atoms with Crippen molar-refractivity contribution in [1.29, 1.82) is 0 Å². The van der Waals surface area contributed by atoms with Crippen molar-refractivity contribution in [1.82, 2.24) is 9.80 Å². The fourth-order valence-electron chi connectivity index (χ4n) is 4.26. The number of carbonyl (C=O) groups is 1. The van der Waals surface area contributed by atoms with E-state index in [4.69, 9.17) is 4.74 Å². The van der Waals surface area contributed by atoms with Gasteiger partial charge in [0.05, 0.1) is 19.3 Å². The Balaban J connectivity index is 1.61. The Morgan fingerprint density at radius 2 is 1.68 bits per heavy atom. The molecule has 2 fully saturated rings. The number of phenolic OH excluding ortho intramolecular Hbond substituents is 1. The molecule has 28 heavy (non-hydrogen) atoms. The Morgan fingerprint density at radius 3 is 2.36 bits per heavy atom. The predicted molar refractivity (Wildman–Crippen MR) is 105 cm³/mol. The van der Waals surface area contributed by atoms with Crippen molar-refractivity contribution in [2.75, 3.05) is 39.4 Å². The number of rotatable bonds is 3. The van der Waals surface area contributed by atoms with E-state index in [2.05, 4.69) is 4.90 Å². The number of amides is 1. The van der Waals surface area contributed by atoms with E-state index in [0.29, 0.717) is 38.3 Å². The molecule has 2 atom stereocenters. The van der Waals surface area contributed by atoms with Crippen LogP contribution in [0.5, 0.6) is 5.75 Å². The summed E-state index contributed by atoms with van der Waals surface area (Å²) in [7, 11) is 0. The monoisotopic (exact) mass is 382 g/mol. The maximum Gasteiger partial charge on any atom is 0.253 e. The SMILES string of the molecule is O=C(c1ccc(O)cc1)N1CC[C@](O)(c2ccccc2)[C@H](N2CCOCC2)C1. The molecule has 0 aliphatic carbocycles. The van der Waals surface area contributed by atoms with Gasteiger partial charge in [0.2, 0.25) is 0 Å². The highest BCUT2D eigenvalue weighted by molar-refractivity contribution is 5.94. The molecule has 2 saturated heterocycles. The average Bonchev–Trinajstić information content (AvgIpc) is 2.75. The molecule has 148 valence electrons. The van der Waals surface area contributed by atoms with Crippen LogP contribution >= 0.6 is 0 Å². The van der Waals surface area contributed by atoms with Crippen LogP contribution in [0.1, 0.15) is 22.3 Å². The van der Waals surface area contributed by atoms with Crippen molar-refractivity contribution in [2.24, 2.45) is 0 Å². The summed E-state index contributed by atoms with van der Waals surface area (Å²) in [6.07, 6.45) is 0.475. The lowest BCUT2D eigenvalue weighted by Gasteiger charge is -2.50. The van der Waals surface area contributed by atoms with Crippen LogP contribution in [0, 0.1) is 0 Å². The molecule has 2 N–H and O–H groups in total. The predicted octanol–water partition coefficient (Wildman–Crippen LogP) is 1.83. The Morgan fingerprint density at radius 1 is 1.00 bits per heavy atom. The Hall–Kier alpha value is -2.41. The first-order chi connectivity index (χ1) is 13.6. The molecule has 4 rings (SSSR count). The lowest BCUT2D eigenvalue weighted by atomic mass is 9.79. The number of hydrogen-bond donors (Lipinski definition) is 2. The molecule has 0 aromatic heterocycles. The summed E-state index contributed by atoms with van der Waals surface area (Å²) in [5.41, 5.74) is 0.427. The van der Waals surface area contributed by atoms with Crippen molar-refractivity contribution >= 4 is 5.91 Å². The summed E-state index contributed by atoms with van der Waals surface area (Å²) in [5, 5.41) is 21.2. The zero-order chi connectivity index (χ0) is 19.6. The van der Waals surface area contributed by atoms with Crippen LogP contribution in [0.25, 0.3) is 0 Å². The lowest BCUT2D eigenvalue weighted by Crippen LogP contribution is -2.63. The molecule has 1 amide bonds. The van der Waals surface area contributed by atoms with E-state index in [1.807, 2.05) is 35.2 Å². The summed E-state index contributed by atoms with van der Waals surface area (Å²) in [5.74, 6) is 0.0632. The van der Waals surface area contributed by atoms with Gasteiger partial charge in [-0.2, -0.15) is 0 Å². The number of benzene rings is 2. The quantitative estimate of drug-likeness (QED) is 0.847. The first-order valence-electron chi connectivity index (χ1n) is 9.76. The van der Waals surface area contributed by atoms with Gasteiger partial charge in [0.15, 0.2) is 0 Å². The maximum absolute atomic E-state index is 13.0. The van der Waals surface area contributed by atoms with Crippen molar-refractivity contribution in [3.8, 4) is 5.75 Å². The van der Waals surface area contributed by atoms with Gasteiger partial charge in [-0.1, -0.05) is 30.3 Å². The topological polar surface area (TPSA) is 73.2 Å². The van der Waals surface area contributed by atoms with Gasteiger partial charge in [-0.3, -0.25) is 9.69 Å². The highest BCUT2D eigenvalue weighted by atomic mass is 16.5. The second-order valence-corrected chi connectivity index (χ2v) is 7.50. The number of likely N-dealkylation sites (tertiary alicyclic amines) is 1. The molecule has 2 aliphatic rings. The van der Waals surface area contributed by atoms with E-state index in [9.17, 15) is 15.0 Å². The average molecular weight is 382 g/mol. The smallest absolute Gasteiger partial charge is 0.253 e. The Kier molecular flexibility index (Phi) is 5.35. The number of aliphatic hydroxyl groups is 1. The van der Waals surface area contributed by atoms with Crippen LogP contribution in [0.2, 0.25) is 0 Å². The molecule has 2 aliphatic heterocycles. The molecular formula is C22H26N2O4. The first kappa shape index (κ1) is 18.9. The third-order valence-electron chi connectivity index (χ3n) is 5.87. The lowest BCUT2D eigenvalue weighted by molar-refractivity contribution is -0.112. The van der Waals surface area contributed by atoms with Crippen molar-refractivity contribution in [3.05, 3.63) is 65.7 Å². The maximum atomic E-state index is 13.0. The fraction of sp³-hybridized carbons (Fsp3) is 0.409. The molecule has 0 bridgehead atoms. The minimum absolute atomic E-state index is 0.0756. The van der Waals surface area contributed by atoms with Crippen LogP contribution < -0.4 is 0 Å². The van der Waals surface area contributed by atoms with Crippen LogP contribution in [-0.2, 0) is 10.3 Å². The Bertz CT molecular complexity index is 805. The number of morpholine rings is 1. The molecule has 6 nitrogen and oxygen atoms in total. The largest absolute Gasteiger partial charge is 0.508 e. The summed E-state index contributed by atoms with van der Waals surface area (Å²) in [6, 6.07) is 15.9. The minimum Gasteiger partial charge on any atom is -0.508 e. The van der Waals surface area contributed by atoms with E-state index in [1.54, 1.807) is 12.1 Å². The van der Waals surface area contributed by atoms with E-state index >= 15 is 0 Å².